The van der Waals surface area contributed by atoms with Gasteiger partial charge in [0.25, 0.3) is 10.0 Å². The second-order valence-electron chi connectivity index (χ2n) is 5.53. The number of nitrogens with one attached hydrogen (secondary N) is 2. The molecule has 0 spiro atoms. The van der Waals surface area contributed by atoms with Crippen LogP contribution in [0.3, 0.4) is 0 Å². The molecular formula is C16H15N3O2S. The van der Waals surface area contributed by atoms with Gasteiger partial charge in [0, 0.05) is 5.39 Å². The third kappa shape index (κ3) is 2.16. The van der Waals surface area contributed by atoms with Crippen LogP contribution in [0.25, 0.3) is 10.9 Å². The summed E-state index contributed by atoms with van der Waals surface area (Å²) in [7, 11) is -3.60. The Morgan fingerprint density at radius 3 is 2.86 bits per heavy atom. The molecule has 1 heterocycles. The Hall–Kier alpha value is -2.34. The summed E-state index contributed by atoms with van der Waals surface area (Å²) in [6, 6.07) is 10.8. The minimum atomic E-state index is -3.60. The lowest BCUT2D eigenvalue weighted by atomic mass is 10.1. The van der Waals surface area contributed by atoms with Gasteiger partial charge in [-0.15, -0.1) is 0 Å². The van der Waals surface area contributed by atoms with E-state index in [-0.39, 0.29) is 0 Å². The molecule has 0 saturated carbocycles. The van der Waals surface area contributed by atoms with Gasteiger partial charge in [-0.25, -0.2) is 8.42 Å². The van der Waals surface area contributed by atoms with E-state index in [1.165, 1.54) is 5.56 Å². The molecule has 0 radical (unpaired) electrons. The Morgan fingerprint density at radius 2 is 1.95 bits per heavy atom. The number of aromatic nitrogens is 2. The Labute approximate surface area is 128 Å². The Bertz CT molecular complexity index is 960. The van der Waals surface area contributed by atoms with E-state index in [0.717, 1.165) is 35.7 Å². The maximum Gasteiger partial charge on any atom is 0.261 e. The van der Waals surface area contributed by atoms with Crippen molar-refractivity contribution in [3.05, 3.63) is 53.7 Å². The van der Waals surface area contributed by atoms with Crippen LogP contribution in [0.5, 0.6) is 0 Å². The van der Waals surface area contributed by atoms with E-state index in [2.05, 4.69) is 14.9 Å². The van der Waals surface area contributed by atoms with Crippen molar-refractivity contribution in [3.63, 3.8) is 0 Å². The molecule has 3 aromatic rings. The summed E-state index contributed by atoms with van der Waals surface area (Å²) < 4.78 is 27.9. The van der Waals surface area contributed by atoms with Crippen molar-refractivity contribution in [3.8, 4) is 0 Å². The van der Waals surface area contributed by atoms with Gasteiger partial charge in [0.1, 0.15) is 0 Å². The molecule has 0 saturated heterocycles. The summed E-state index contributed by atoms with van der Waals surface area (Å²) in [6.45, 7) is 0. The van der Waals surface area contributed by atoms with Crippen molar-refractivity contribution in [2.24, 2.45) is 0 Å². The van der Waals surface area contributed by atoms with Gasteiger partial charge in [0.2, 0.25) is 0 Å². The van der Waals surface area contributed by atoms with E-state index in [1.54, 1.807) is 30.5 Å². The van der Waals surface area contributed by atoms with E-state index in [9.17, 15) is 8.42 Å². The monoisotopic (exact) mass is 313 g/mol. The maximum absolute atomic E-state index is 12.6. The molecule has 2 aromatic carbocycles. The van der Waals surface area contributed by atoms with E-state index in [4.69, 9.17) is 0 Å². The number of aromatic amines is 1. The predicted molar refractivity (Wildman–Crippen MR) is 85.4 cm³/mol. The first-order valence-corrected chi connectivity index (χ1v) is 8.68. The molecule has 2 N–H and O–H groups in total. The number of aryl methyl sites for hydroxylation is 2. The summed E-state index contributed by atoms with van der Waals surface area (Å²) in [4.78, 5) is 0.314. The van der Waals surface area contributed by atoms with Gasteiger partial charge in [-0.3, -0.25) is 9.82 Å². The zero-order chi connectivity index (χ0) is 15.2. The number of hydrogen-bond acceptors (Lipinski definition) is 3. The first-order chi connectivity index (χ1) is 10.6. The Morgan fingerprint density at radius 1 is 1.09 bits per heavy atom. The highest BCUT2D eigenvalue weighted by atomic mass is 32.2. The molecule has 5 nitrogen and oxygen atoms in total. The molecule has 0 bridgehead atoms. The molecule has 112 valence electrons. The number of benzene rings is 2. The average Bonchev–Trinajstić information content (AvgIpc) is 3.15. The number of H-pyrrole nitrogens is 1. The van der Waals surface area contributed by atoms with Gasteiger partial charge in [-0.2, -0.15) is 5.10 Å². The van der Waals surface area contributed by atoms with Crippen molar-refractivity contribution in [2.75, 3.05) is 4.72 Å². The highest BCUT2D eigenvalue weighted by molar-refractivity contribution is 7.92. The first kappa shape index (κ1) is 13.3. The van der Waals surface area contributed by atoms with E-state index in [1.807, 2.05) is 12.1 Å². The quantitative estimate of drug-likeness (QED) is 0.781. The van der Waals surface area contributed by atoms with Gasteiger partial charge in [0.05, 0.1) is 22.3 Å². The molecule has 4 rings (SSSR count). The van der Waals surface area contributed by atoms with Crippen LogP contribution in [-0.2, 0) is 22.9 Å². The van der Waals surface area contributed by atoms with Crippen molar-refractivity contribution >= 4 is 26.6 Å². The van der Waals surface area contributed by atoms with Gasteiger partial charge in [-0.05, 0) is 54.7 Å². The molecule has 1 aromatic heterocycles. The minimum Gasteiger partial charge on any atom is -0.279 e. The summed E-state index contributed by atoms with van der Waals surface area (Å²) in [5.74, 6) is 0. The van der Waals surface area contributed by atoms with Gasteiger partial charge >= 0.3 is 0 Å². The fraction of sp³-hybridized carbons (Fsp3) is 0.188. The number of hydrogen-bond donors (Lipinski definition) is 2. The normalized spacial score (nSPS) is 14.2. The van der Waals surface area contributed by atoms with Gasteiger partial charge in [-0.1, -0.05) is 12.1 Å². The van der Waals surface area contributed by atoms with Crippen molar-refractivity contribution < 1.29 is 8.42 Å². The lowest BCUT2D eigenvalue weighted by Crippen LogP contribution is -2.13. The summed E-state index contributed by atoms with van der Waals surface area (Å²) in [5.41, 5.74) is 3.74. The zero-order valence-electron chi connectivity index (χ0n) is 11.8. The molecule has 1 aliphatic carbocycles. The standard InChI is InChI=1S/C16H15N3O2S/c20-22(21,13-8-7-11-3-1-4-12(11)9-13)19-16-6-2-5-15-14(16)10-17-18-15/h2,5-10,19H,1,3-4H2,(H,17,18). The Kier molecular flexibility index (Phi) is 2.94. The van der Waals surface area contributed by atoms with Gasteiger partial charge < -0.3 is 0 Å². The minimum absolute atomic E-state index is 0.314. The van der Waals surface area contributed by atoms with Crippen molar-refractivity contribution in [1.29, 1.82) is 0 Å². The summed E-state index contributed by atoms with van der Waals surface area (Å²) in [5, 5.41) is 7.54. The molecule has 6 heteroatoms. The number of nitrogens with zero attached hydrogens (tertiary/aromatic N) is 1. The van der Waals surface area contributed by atoms with Crippen LogP contribution in [0.1, 0.15) is 17.5 Å². The molecule has 0 fully saturated rings. The molecule has 22 heavy (non-hydrogen) atoms. The lowest BCUT2D eigenvalue weighted by Gasteiger charge is -2.10. The smallest absolute Gasteiger partial charge is 0.261 e. The molecule has 0 amide bonds. The van der Waals surface area contributed by atoms with Gasteiger partial charge in [0.15, 0.2) is 0 Å². The van der Waals surface area contributed by atoms with Crippen LogP contribution in [-0.4, -0.2) is 18.6 Å². The number of rotatable bonds is 3. The van der Waals surface area contributed by atoms with Crippen molar-refractivity contribution in [2.45, 2.75) is 24.2 Å². The van der Waals surface area contributed by atoms with Crippen LogP contribution in [0.4, 0.5) is 5.69 Å². The summed E-state index contributed by atoms with van der Waals surface area (Å²) in [6.07, 6.45) is 4.71. The average molecular weight is 313 g/mol. The van der Waals surface area contributed by atoms with Crippen LogP contribution in [0, 0.1) is 0 Å². The zero-order valence-corrected chi connectivity index (χ0v) is 12.7. The van der Waals surface area contributed by atoms with Crippen LogP contribution >= 0.6 is 0 Å². The molecule has 0 atom stereocenters. The van der Waals surface area contributed by atoms with Crippen molar-refractivity contribution in [1.82, 2.24) is 10.2 Å². The molecular weight excluding hydrogens is 298 g/mol. The predicted octanol–water partition coefficient (Wildman–Crippen LogP) is 2.85. The van der Waals surface area contributed by atoms with Crippen LogP contribution < -0.4 is 4.72 Å². The lowest BCUT2D eigenvalue weighted by molar-refractivity contribution is 0.601. The number of sulfonamides is 1. The second kappa shape index (κ2) is 4.84. The number of anilines is 1. The SMILES string of the molecule is O=S(=O)(Nc1cccc2[nH]ncc12)c1ccc2c(c1)CCC2. The number of fused-ring (bicyclic) bond motifs is 2. The van der Waals surface area contributed by atoms with Crippen LogP contribution in [0.15, 0.2) is 47.5 Å². The van der Waals surface area contributed by atoms with E-state index < -0.39 is 10.0 Å². The highest BCUT2D eigenvalue weighted by Gasteiger charge is 2.19. The molecule has 0 unspecified atom stereocenters. The fourth-order valence-electron chi connectivity index (χ4n) is 2.98. The largest absolute Gasteiger partial charge is 0.279 e. The van der Waals surface area contributed by atoms with E-state index in [0.29, 0.717) is 10.6 Å². The maximum atomic E-state index is 12.6. The van der Waals surface area contributed by atoms with Crippen LogP contribution in [0.2, 0.25) is 0 Å². The molecule has 1 aliphatic rings. The summed E-state index contributed by atoms with van der Waals surface area (Å²) >= 11 is 0. The second-order valence-corrected chi connectivity index (χ2v) is 7.21. The third-order valence-electron chi connectivity index (χ3n) is 4.11. The topological polar surface area (TPSA) is 74.8 Å². The highest BCUT2D eigenvalue weighted by Crippen LogP contribution is 2.27. The Balaban J connectivity index is 1.74. The van der Waals surface area contributed by atoms with E-state index >= 15 is 0 Å². The fourth-order valence-corrected chi connectivity index (χ4v) is 4.11. The molecule has 0 aliphatic heterocycles. The third-order valence-corrected chi connectivity index (χ3v) is 5.47. The first-order valence-electron chi connectivity index (χ1n) is 7.20.